The summed E-state index contributed by atoms with van der Waals surface area (Å²) in [5.74, 6) is 0.0933. The highest BCUT2D eigenvalue weighted by Crippen LogP contribution is 2.16. The number of hydrazone groups is 1. The number of hydrogen-bond donors (Lipinski definition) is 1. The monoisotopic (exact) mass is 417 g/mol. The van der Waals surface area contributed by atoms with Crippen LogP contribution in [0.2, 0.25) is 0 Å². The fourth-order valence-corrected chi connectivity index (χ4v) is 3.63. The van der Waals surface area contributed by atoms with Gasteiger partial charge in [-0.05, 0) is 29.3 Å². The van der Waals surface area contributed by atoms with Crippen LogP contribution in [0.5, 0.6) is 0 Å². The third-order valence-electron chi connectivity index (χ3n) is 4.36. The molecule has 1 aliphatic heterocycles. The van der Waals surface area contributed by atoms with Crippen molar-refractivity contribution in [2.45, 2.75) is 25.1 Å². The van der Waals surface area contributed by atoms with Gasteiger partial charge >= 0.3 is 0 Å². The molecule has 0 aliphatic carbocycles. The number of amides is 2. The molecular formula is C21H21F2N3O2S. The lowest BCUT2D eigenvalue weighted by molar-refractivity contribution is -0.132. The molecule has 1 aliphatic rings. The van der Waals surface area contributed by atoms with E-state index < -0.39 is 0 Å². The Labute approximate surface area is 172 Å². The third kappa shape index (κ3) is 6.12. The number of thioether (sulfide) groups is 1. The minimum Gasteiger partial charge on any atom is -0.350 e. The minimum absolute atomic E-state index is 0.175. The van der Waals surface area contributed by atoms with Gasteiger partial charge in [0.1, 0.15) is 17.3 Å². The van der Waals surface area contributed by atoms with E-state index in [0.717, 1.165) is 5.56 Å². The molecule has 0 bridgehead atoms. The van der Waals surface area contributed by atoms with Crippen LogP contribution in [0.1, 0.15) is 24.0 Å². The molecule has 0 spiro atoms. The van der Waals surface area contributed by atoms with Crippen LogP contribution >= 0.6 is 11.8 Å². The first-order chi connectivity index (χ1) is 14.0. The fourth-order valence-electron chi connectivity index (χ4n) is 2.79. The molecule has 2 amide bonds. The molecule has 2 aromatic carbocycles. The van der Waals surface area contributed by atoms with Gasteiger partial charge < -0.3 is 5.32 Å². The van der Waals surface area contributed by atoms with Crippen molar-refractivity contribution in [3.05, 3.63) is 71.3 Å². The van der Waals surface area contributed by atoms with E-state index in [1.165, 1.54) is 35.0 Å². The topological polar surface area (TPSA) is 61.8 Å². The Kier molecular flexibility index (Phi) is 7.35. The molecule has 0 saturated carbocycles. The molecule has 152 valence electrons. The van der Waals surface area contributed by atoms with Crippen LogP contribution in [-0.2, 0) is 21.9 Å². The molecule has 5 nitrogen and oxygen atoms in total. The molecule has 0 aromatic heterocycles. The van der Waals surface area contributed by atoms with Gasteiger partial charge in [-0.15, -0.1) is 0 Å². The van der Waals surface area contributed by atoms with Crippen LogP contribution in [0.3, 0.4) is 0 Å². The Balaban J connectivity index is 1.47. The molecule has 0 atom stereocenters. The Hall–Kier alpha value is -2.74. The van der Waals surface area contributed by atoms with Gasteiger partial charge in [-0.2, -0.15) is 16.9 Å². The Morgan fingerprint density at radius 1 is 1.10 bits per heavy atom. The molecule has 0 unspecified atom stereocenters. The minimum atomic E-state index is -0.352. The van der Waals surface area contributed by atoms with Crippen molar-refractivity contribution in [3.8, 4) is 0 Å². The van der Waals surface area contributed by atoms with E-state index in [1.807, 2.05) is 0 Å². The predicted octanol–water partition coefficient (Wildman–Crippen LogP) is 3.49. The maximum Gasteiger partial charge on any atom is 0.267 e. The second kappa shape index (κ2) is 10.2. The standard InChI is InChI=1S/C21H21F2N3O2S/c22-17-7-5-15(6-8-17)13-26-20(27)10-9-19(25-26)21(28)24-11-12-29-14-16-3-1-2-4-18(16)23/h1-8H,9-14H2,(H,24,28). The summed E-state index contributed by atoms with van der Waals surface area (Å²) in [6.07, 6.45) is 0.489. The van der Waals surface area contributed by atoms with Crippen LogP contribution in [-0.4, -0.2) is 34.8 Å². The van der Waals surface area contributed by atoms with E-state index in [9.17, 15) is 18.4 Å². The zero-order valence-electron chi connectivity index (χ0n) is 15.7. The molecule has 1 heterocycles. The highest BCUT2D eigenvalue weighted by molar-refractivity contribution is 7.98. The van der Waals surface area contributed by atoms with Gasteiger partial charge in [-0.25, -0.2) is 13.8 Å². The van der Waals surface area contributed by atoms with E-state index in [1.54, 1.807) is 30.3 Å². The number of nitrogens with one attached hydrogen (secondary N) is 1. The summed E-state index contributed by atoms with van der Waals surface area (Å²) in [7, 11) is 0. The number of benzene rings is 2. The SMILES string of the molecule is O=C(NCCSCc1ccccc1F)C1=NN(Cc2ccc(F)cc2)C(=O)CC1. The Morgan fingerprint density at radius 2 is 1.86 bits per heavy atom. The summed E-state index contributed by atoms with van der Waals surface area (Å²) < 4.78 is 26.6. The van der Waals surface area contributed by atoms with E-state index >= 15 is 0 Å². The molecule has 8 heteroatoms. The van der Waals surface area contributed by atoms with E-state index in [2.05, 4.69) is 10.4 Å². The first-order valence-corrected chi connectivity index (χ1v) is 10.4. The number of nitrogens with zero attached hydrogens (tertiary/aromatic N) is 2. The van der Waals surface area contributed by atoms with Crippen LogP contribution in [0.25, 0.3) is 0 Å². The van der Waals surface area contributed by atoms with Gasteiger partial charge in [0.2, 0.25) is 5.91 Å². The lowest BCUT2D eigenvalue weighted by Gasteiger charge is -2.23. The number of carbonyl (C=O) groups excluding carboxylic acids is 2. The first kappa shape index (κ1) is 21.0. The second-order valence-corrected chi connectivity index (χ2v) is 7.63. The van der Waals surface area contributed by atoms with Crippen molar-refractivity contribution >= 4 is 29.3 Å². The highest BCUT2D eigenvalue weighted by Gasteiger charge is 2.24. The van der Waals surface area contributed by atoms with Gasteiger partial charge in [-0.3, -0.25) is 9.59 Å². The van der Waals surface area contributed by atoms with Crippen molar-refractivity contribution in [1.82, 2.24) is 10.3 Å². The maximum absolute atomic E-state index is 13.6. The highest BCUT2D eigenvalue weighted by atomic mass is 32.2. The van der Waals surface area contributed by atoms with Crippen molar-refractivity contribution in [2.24, 2.45) is 5.10 Å². The van der Waals surface area contributed by atoms with Crippen LogP contribution in [0.4, 0.5) is 8.78 Å². The summed E-state index contributed by atoms with van der Waals surface area (Å²) in [6.45, 7) is 0.608. The van der Waals surface area contributed by atoms with Gasteiger partial charge in [0.25, 0.3) is 5.91 Å². The molecule has 1 N–H and O–H groups in total. The molecule has 0 fully saturated rings. The van der Waals surface area contributed by atoms with Gasteiger partial charge in [-0.1, -0.05) is 30.3 Å². The lowest BCUT2D eigenvalue weighted by atomic mass is 10.1. The normalized spacial score (nSPS) is 13.9. The van der Waals surface area contributed by atoms with Crippen molar-refractivity contribution < 1.29 is 18.4 Å². The Bertz CT molecular complexity index is 903. The molecule has 0 radical (unpaired) electrons. The Morgan fingerprint density at radius 3 is 2.62 bits per heavy atom. The van der Waals surface area contributed by atoms with E-state index in [4.69, 9.17) is 0 Å². The lowest BCUT2D eigenvalue weighted by Crippen LogP contribution is -2.39. The van der Waals surface area contributed by atoms with Crippen LogP contribution in [0.15, 0.2) is 53.6 Å². The summed E-state index contributed by atoms with van der Waals surface area (Å²) in [5.41, 5.74) is 1.66. The van der Waals surface area contributed by atoms with Crippen LogP contribution < -0.4 is 5.32 Å². The molecule has 29 heavy (non-hydrogen) atoms. The number of hydrogen-bond acceptors (Lipinski definition) is 4. The van der Waals surface area contributed by atoms with E-state index in [-0.39, 0.29) is 42.8 Å². The largest absolute Gasteiger partial charge is 0.350 e. The number of carbonyl (C=O) groups is 2. The second-order valence-electron chi connectivity index (χ2n) is 6.52. The van der Waals surface area contributed by atoms with Gasteiger partial charge in [0, 0.05) is 30.9 Å². The summed E-state index contributed by atoms with van der Waals surface area (Å²) in [4.78, 5) is 24.4. The fraction of sp³-hybridized carbons (Fsp3) is 0.286. The third-order valence-corrected chi connectivity index (χ3v) is 5.37. The summed E-state index contributed by atoms with van der Waals surface area (Å²) in [5, 5.41) is 8.21. The average molecular weight is 417 g/mol. The average Bonchev–Trinajstić information content (AvgIpc) is 2.72. The summed E-state index contributed by atoms with van der Waals surface area (Å²) in [6, 6.07) is 12.4. The number of rotatable bonds is 8. The molecule has 3 rings (SSSR count). The number of halogens is 2. The van der Waals surface area contributed by atoms with E-state index in [0.29, 0.717) is 29.3 Å². The zero-order valence-corrected chi connectivity index (χ0v) is 16.6. The predicted molar refractivity (Wildman–Crippen MR) is 109 cm³/mol. The maximum atomic E-state index is 13.6. The zero-order chi connectivity index (χ0) is 20.6. The van der Waals surface area contributed by atoms with Gasteiger partial charge in [0.05, 0.1) is 6.54 Å². The van der Waals surface area contributed by atoms with Gasteiger partial charge in [0.15, 0.2) is 0 Å². The quantitative estimate of drug-likeness (QED) is 0.669. The van der Waals surface area contributed by atoms with Crippen molar-refractivity contribution in [2.75, 3.05) is 12.3 Å². The molecular weight excluding hydrogens is 396 g/mol. The van der Waals surface area contributed by atoms with Crippen molar-refractivity contribution in [1.29, 1.82) is 0 Å². The first-order valence-electron chi connectivity index (χ1n) is 9.24. The summed E-state index contributed by atoms with van der Waals surface area (Å²) >= 11 is 1.52. The van der Waals surface area contributed by atoms with Crippen molar-refractivity contribution in [3.63, 3.8) is 0 Å². The van der Waals surface area contributed by atoms with Crippen LogP contribution in [0, 0.1) is 11.6 Å². The smallest absolute Gasteiger partial charge is 0.267 e. The molecule has 0 saturated heterocycles. The molecule has 2 aromatic rings.